The fraction of sp³-hybridized carbons (Fsp3) is 0.111. The van der Waals surface area contributed by atoms with E-state index in [4.69, 9.17) is 9.25 Å². The molecule has 0 saturated carbocycles. The standard InChI is InChI=1S/C27H18BrFN2O4/c28-17-8-6-16(7-9-17)21-14-15-22(34-21)24-23-25(35-31(24)20-4-2-1-3-5-20)27(33)30(26(23)32)19-12-10-18(29)11-13-19/h1-15,23-25H. The number of carbonyl (C=O) groups is 2. The van der Waals surface area contributed by atoms with Gasteiger partial charge in [0.2, 0.25) is 5.91 Å². The van der Waals surface area contributed by atoms with E-state index in [9.17, 15) is 14.0 Å². The van der Waals surface area contributed by atoms with E-state index >= 15 is 0 Å². The summed E-state index contributed by atoms with van der Waals surface area (Å²) >= 11 is 3.43. The highest BCUT2D eigenvalue weighted by Gasteiger charge is 2.61. The van der Waals surface area contributed by atoms with Crippen LogP contribution < -0.4 is 9.96 Å². The molecule has 0 bridgehead atoms. The Morgan fingerprint density at radius 3 is 2.20 bits per heavy atom. The summed E-state index contributed by atoms with van der Waals surface area (Å²) in [7, 11) is 0. The van der Waals surface area contributed by atoms with Crippen molar-refractivity contribution >= 4 is 39.1 Å². The van der Waals surface area contributed by atoms with Gasteiger partial charge in [0.1, 0.15) is 29.3 Å². The number of hydrogen-bond donors (Lipinski definition) is 0. The second-order valence-corrected chi connectivity index (χ2v) is 9.27. The van der Waals surface area contributed by atoms with Gasteiger partial charge in [0, 0.05) is 10.0 Å². The van der Waals surface area contributed by atoms with E-state index in [2.05, 4.69) is 15.9 Å². The number of anilines is 2. The van der Waals surface area contributed by atoms with Crippen LogP contribution in [0.15, 0.2) is 99.9 Å². The highest BCUT2D eigenvalue weighted by molar-refractivity contribution is 9.10. The van der Waals surface area contributed by atoms with Gasteiger partial charge in [0.05, 0.1) is 11.4 Å². The molecule has 174 valence electrons. The van der Waals surface area contributed by atoms with Gasteiger partial charge in [-0.05, 0) is 60.7 Å². The van der Waals surface area contributed by atoms with Crippen molar-refractivity contribution in [3.05, 3.63) is 107 Å². The average molecular weight is 533 g/mol. The Morgan fingerprint density at radius 1 is 0.771 bits per heavy atom. The monoisotopic (exact) mass is 532 g/mol. The Balaban J connectivity index is 1.41. The molecule has 4 aromatic rings. The summed E-state index contributed by atoms with van der Waals surface area (Å²) in [5.74, 6) is -1.06. The normalized spacial score (nSPS) is 21.6. The lowest BCUT2D eigenvalue weighted by Gasteiger charge is -2.27. The quantitative estimate of drug-likeness (QED) is 0.306. The molecule has 6 nitrogen and oxygen atoms in total. The van der Waals surface area contributed by atoms with Gasteiger partial charge in [-0.25, -0.2) is 14.4 Å². The number of hydroxylamine groups is 1. The highest BCUT2D eigenvalue weighted by atomic mass is 79.9. The second-order valence-electron chi connectivity index (χ2n) is 8.36. The van der Waals surface area contributed by atoms with Crippen LogP contribution in [0, 0.1) is 11.7 Å². The zero-order valence-corrected chi connectivity index (χ0v) is 19.8. The highest BCUT2D eigenvalue weighted by Crippen LogP contribution is 2.48. The zero-order chi connectivity index (χ0) is 24.1. The van der Waals surface area contributed by atoms with E-state index < -0.39 is 35.7 Å². The van der Waals surface area contributed by atoms with Gasteiger partial charge < -0.3 is 4.42 Å². The van der Waals surface area contributed by atoms with Crippen LogP contribution >= 0.6 is 15.9 Å². The number of para-hydroxylation sites is 1. The van der Waals surface area contributed by atoms with Gasteiger partial charge >= 0.3 is 0 Å². The van der Waals surface area contributed by atoms with Crippen LogP contribution in [-0.4, -0.2) is 17.9 Å². The van der Waals surface area contributed by atoms with Gasteiger partial charge in [-0.15, -0.1) is 0 Å². The van der Waals surface area contributed by atoms with Gasteiger partial charge in [0.25, 0.3) is 5.91 Å². The van der Waals surface area contributed by atoms with E-state index in [1.165, 1.54) is 24.3 Å². The molecule has 3 heterocycles. The summed E-state index contributed by atoms with van der Waals surface area (Å²) in [4.78, 5) is 34.1. The number of furan rings is 1. The summed E-state index contributed by atoms with van der Waals surface area (Å²) in [5, 5.41) is 1.58. The SMILES string of the molecule is O=C1C2ON(c3ccccc3)C(c3ccc(-c4ccc(Br)cc4)o3)C2C(=O)N1c1ccc(F)cc1. The Bertz CT molecular complexity index is 1410. The number of carbonyl (C=O) groups excluding carboxylic acids is 2. The zero-order valence-electron chi connectivity index (χ0n) is 18.2. The van der Waals surface area contributed by atoms with Crippen LogP contribution in [0.3, 0.4) is 0 Å². The van der Waals surface area contributed by atoms with Crippen LogP contribution in [0.4, 0.5) is 15.8 Å². The summed E-state index contributed by atoms with van der Waals surface area (Å²) in [5.41, 5.74) is 1.88. The van der Waals surface area contributed by atoms with Gasteiger partial charge in [-0.1, -0.05) is 46.3 Å². The number of benzene rings is 3. The maximum Gasteiger partial charge on any atom is 0.266 e. The van der Waals surface area contributed by atoms with Crippen molar-refractivity contribution in [1.29, 1.82) is 0 Å². The smallest absolute Gasteiger partial charge is 0.266 e. The molecule has 3 atom stereocenters. The van der Waals surface area contributed by atoms with E-state index in [1.807, 2.05) is 66.7 Å². The average Bonchev–Trinajstić information content (AvgIpc) is 3.56. The Hall–Kier alpha value is -3.75. The van der Waals surface area contributed by atoms with Crippen LogP contribution in [0.2, 0.25) is 0 Å². The van der Waals surface area contributed by atoms with Crippen LogP contribution in [0.1, 0.15) is 11.8 Å². The van der Waals surface area contributed by atoms with Crippen molar-refractivity contribution in [3.63, 3.8) is 0 Å². The number of nitrogens with zero attached hydrogens (tertiary/aromatic N) is 2. The fourth-order valence-electron chi connectivity index (χ4n) is 4.63. The molecule has 0 N–H and O–H groups in total. The lowest BCUT2D eigenvalue weighted by atomic mass is 9.94. The third kappa shape index (κ3) is 3.66. The first kappa shape index (κ1) is 21.8. The molecule has 2 saturated heterocycles. The molecule has 2 aliphatic heterocycles. The van der Waals surface area contributed by atoms with Gasteiger partial charge in [-0.2, -0.15) is 0 Å². The molecule has 8 heteroatoms. The minimum Gasteiger partial charge on any atom is -0.459 e. The predicted molar refractivity (Wildman–Crippen MR) is 131 cm³/mol. The lowest BCUT2D eigenvalue weighted by molar-refractivity contribution is -0.126. The van der Waals surface area contributed by atoms with Crippen LogP contribution in [0.5, 0.6) is 0 Å². The fourth-order valence-corrected chi connectivity index (χ4v) is 4.89. The molecular formula is C27H18BrFN2O4. The van der Waals surface area contributed by atoms with E-state index in [1.54, 1.807) is 5.06 Å². The molecule has 0 aliphatic carbocycles. The second kappa shape index (κ2) is 8.48. The maximum absolute atomic E-state index is 13.6. The topological polar surface area (TPSA) is 63.0 Å². The number of amides is 2. The molecular weight excluding hydrogens is 515 g/mol. The van der Waals surface area contributed by atoms with Crippen molar-refractivity contribution in [2.75, 3.05) is 9.96 Å². The summed E-state index contributed by atoms with van der Waals surface area (Å²) in [6.07, 6.45) is -1.03. The predicted octanol–water partition coefficient (Wildman–Crippen LogP) is 5.90. The van der Waals surface area contributed by atoms with E-state index in [-0.39, 0.29) is 0 Å². The third-order valence-electron chi connectivity index (χ3n) is 6.26. The summed E-state index contributed by atoms with van der Waals surface area (Å²) in [6, 6.07) is 25.2. The number of fused-ring (bicyclic) bond motifs is 1. The van der Waals surface area contributed by atoms with E-state index in [0.717, 1.165) is 14.9 Å². The van der Waals surface area contributed by atoms with Crippen molar-refractivity contribution in [1.82, 2.24) is 0 Å². The molecule has 2 fully saturated rings. The molecule has 0 radical (unpaired) electrons. The molecule has 1 aromatic heterocycles. The molecule has 3 unspecified atom stereocenters. The first-order valence-electron chi connectivity index (χ1n) is 11.0. The van der Waals surface area contributed by atoms with Crippen molar-refractivity contribution in [2.45, 2.75) is 12.1 Å². The number of rotatable bonds is 4. The van der Waals surface area contributed by atoms with Gasteiger partial charge in [-0.3, -0.25) is 14.4 Å². The number of imide groups is 1. The first-order valence-corrected chi connectivity index (χ1v) is 11.8. The largest absolute Gasteiger partial charge is 0.459 e. The Labute approximate surface area is 208 Å². The Morgan fingerprint density at radius 2 is 1.49 bits per heavy atom. The molecule has 0 spiro atoms. The number of halogens is 2. The van der Waals surface area contributed by atoms with Crippen molar-refractivity contribution in [3.8, 4) is 11.3 Å². The lowest BCUT2D eigenvalue weighted by Crippen LogP contribution is -2.37. The van der Waals surface area contributed by atoms with E-state index in [0.29, 0.717) is 22.9 Å². The molecule has 2 aliphatic rings. The van der Waals surface area contributed by atoms with Crippen LogP contribution in [-0.2, 0) is 14.4 Å². The van der Waals surface area contributed by atoms with Crippen molar-refractivity contribution < 1.29 is 23.2 Å². The molecule has 2 amide bonds. The van der Waals surface area contributed by atoms with Gasteiger partial charge in [0.15, 0.2) is 6.10 Å². The maximum atomic E-state index is 13.6. The molecule has 6 rings (SSSR count). The minimum atomic E-state index is -1.03. The van der Waals surface area contributed by atoms with Crippen molar-refractivity contribution in [2.24, 2.45) is 5.92 Å². The summed E-state index contributed by atoms with van der Waals surface area (Å²) < 4.78 is 20.6. The summed E-state index contributed by atoms with van der Waals surface area (Å²) in [6.45, 7) is 0. The van der Waals surface area contributed by atoms with Crippen LogP contribution in [0.25, 0.3) is 11.3 Å². The molecule has 35 heavy (non-hydrogen) atoms. The Kier molecular flexibility index (Phi) is 5.27. The minimum absolute atomic E-state index is 0.305. The third-order valence-corrected chi connectivity index (χ3v) is 6.79. The molecule has 3 aromatic carbocycles. The number of hydrogen-bond acceptors (Lipinski definition) is 5. The first-order chi connectivity index (χ1) is 17.0.